The van der Waals surface area contributed by atoms with Crippen molar-refractivity contribution < 1.29 is 13.2 Å². The summed E-state index contributed by atoms with van der Waals surface area (Å²) in [5.74, 6) is 0.198. The maximum absolute atomic E-state index is 12.7. The molecule has 2 aromatic rings. The minimum atomic E-state index is -3.04. The van der Waals surface area contributed by atoms with Crippen LogP contribution >= 0.6 is 0 Å². The van der Waals surface area contributed by atoms with Gasteiger partial charge in [-0.15, -0.1) is 0 Å². The molecule has 1 saturated heterocycles. The van der Waals surface area contributed by atoms with Crippen LogP contribution in [0.5, 0.6) is 0 Å². The second kappa shape index (κ2) is 6.33. The van der Waals surface area contributed by atoms with E-state index >= 15 is 0 Å². The largest absolute Gasteiger partial charge is 0.311 e. The molecule has 152 valence electrons. The molecule has 0 unspecified atom stereocenters. The molecule has 2 aliphatic rings. The Kier molecular flexibility index (Phi) is 4.29. The average Bonchev–Trinajstić information content (AvgIpc) is 3.21. The SMILES string of the molecule is Cc1nn([C@H]2CCS(=O)(=O)C2)c(C)c1[C@@H]1CC(=O)Nc2c1c(=O)[nH]n2C(C)C. The predicted octanol–water partition coefficient (Wildman–Crippen LogP) is 1.40. The molecular formula is C18H25N5O4S. The molecule has 10 heteroatoms. The number of aromatic amines is 1. The van der Waals surface area contributed by atoms with Gasteiger partial charge in [0.25, 0.3) is 5.56 Å². The molecule has 2 N–H and O–H groups in total. The molecule has 4 rings (SSSR count). The lowest BCUT2D eigenvalue weighted by Crippen LogP contribution is -2.27. The van der Waals surface area contributed by atoms with Crippen LogP contribution in [0.25, 0.3) is 0 Å². The Hall–Kier alpha value is -2.36. The molecule has 1 amide bonds. The lowest BCUT2D eigenvalue weighted by molar-refractivity contribution is -0.116. The molecule has 0 spiro atoms. The quantitative estimate of drug-likeness (QED) is 0.797. The Morgan fingerprint density at radius 2 is 1.89 bits per heavy atom. The maximum atomic E-state index is 12.7. The van der Waals surface area contributed by atoms with Crippen molar-refractivity contribution in [3.8, 4) is 0 Å². The summed E-state index contributed by atoms with van der Waals surface area (Å²) in [7, 11) is -3.04. The second-order valence-corrected chi connectivity index (χ2v) is 10.3. The number of H-pyrrole nitrogens is 1. The number of rotatable bonds is 3. The predicted molar refractivity (Wildman–Crippen MR) is 105 cm³/mol. The third-order valence-electron chi connectivity index (χ3n) is 5.76. The van der Waals surface area contributed by atoms with Crippen molar-refractivity contribution in [1.29, 1.82) is 0 Å². The van der Waals surface area contributed by atoms with Gasteiger partial charge in [0.2, 0.25) is 5.91 Å². The lowest BCUT2D eigenvalue weighted by atomic mass is 9.86. The monoisotopic (exact) mass is 407 g/mol. The highest BCUT2D eigenvalue weighted by Gasteiger charge is 2.38. The van der Waals surface area contributed by atoms with Crippen molar-refractivity contribution in [2.45, 2.75) is 58.5 Å². The third kappa shape index (κ3) is 2.90. The summed E-state index contributed by atoms with van der Waals surface area (Å²) in [6, 6.07) is -0.211. The molecule has 1 fully saturated rings. The number of amides is 1. The Morgan fingerprint density at radius 3 is 2.50 bits per heavy atom. The number of aromatic nitrogens is 4. The van der Waals surface area contributed by atoms with E-state index in [1.54, 1.807) is 9.36 Å². The molecule has 28 heavy (non-hydrogen) atoms. The maximum Gasteiger partial charge on any atom is 0.270 e. The van der Waals surface area contributed by atoms with Gasteiger partial charge in [0.05, 0.1) is 28.8 Å². The summed E-state index contributed by atoms with van der Waals surface area (Å²) in [5, 5.41) is 10.3. The van der Waals surface area contributed by atoms with Gasteiger partial charge in [-0.1, -0.05) is 0 Å². The summed E-state index contributed by atoms with van der Waals surface area (Å²) in [6.07, 6.45) is 0.693. The molecule has 0 radical (unpaired) electrons. The van der Waals surface area contributed by atoms with Gasteiger partial charge in [-0.25, -0.2) is 8.42 Å². The van der Waals surface area contributed by atoms with Crippen molar-refractivity contribution in [3.05, 3.63) is 32.9 Å². The number of hydrogen-bond donors (Lipinski definition) is 2. The standard InChI is InChI=1S/C18H25N5O4S/c1-9(2)22-17-16(18(25)21-22)13(7-14(24)19-17)15-10(3)20-23(11(15)4)12-5-6-28(26,27)8-12/h9,12-13H,5-8H2,1-4H3,(H,19,24)(H,21,25)/t12-,13-/m0/s1. The van der Waals surface area contributed by atoms with Gasteiger partial charge < -0.3 is 5.32 Å². The van der Waals surface area contributed by atoms with Gasteiger partial charge >= 0.3 is 0 Å². The van der Waals surface area contributed by atoms with Crippen LogP contribution in [-0.4, -0.2) is 45.4 Å². The first kappa shape index (κ1) is 19.0. The minimum absolute atomic E-state index is 0.0101. The first-order valence-electron chi connectivity index (χ1n) is 9.49. The van der Waals surface area contributed by atoms with Crippen LogP contribution in [0.4, 0.5) is 5.82 Å². The fraction of sp³-hybridized carbons (Fsp3) is 0.611. The summed E-state index contributed by atoms with van der Waals surface area (Å²) in [5.41, 5.74) is 2.71. The van der Waals surface area contributed by atoms with E-state index in [1.165, 1.54) is 0 Å². The summed E-state index contributed by atoms with van der Waals surface area (Å²) < 4.78 is 27.2. The van der Waals surface area contributed by atoms with Crippen molar-refractivity contribution in [3.63, 3.8) is 0 Å². The number of fused-ring (bicyclic) bond motifs is 1. The van der Waals surface area contributed by atoms with Gasteiger partial charge in [-0.3, -0.25) is 24.1 Å². The van der Waals surface area contributed by atoms with E-state index in [4.69, 9.17) is 0 Å². The minimum Gasteiger partial charge on any atom is -0.311 e. The Morgan fingerprint density at radius 1 is 1.18 bits per heavy atom. The van der Waals surface area contributed by atoms with Gasteiger partial charge in [0.1, 0.15) is 5.82 Å². The van der Waals surface area contributed by atoms with E-state index in [9.17, 15) is 18.0 Å². The number of anilines is 1. The normalized spacial score (nSPS) is 23.8. The van der Waals surface area contributed by atoms with Crippen LogP contribution in [0.3, 0.4) is 0 Å². The summed E-state index contributed by atoms with van der Waals surface area (Å²) in [4.78, 5) is 25.1. The Labute approximate surface area is 163 Å². The van der Waals surface area contributed by atoms with E-state index in [-0.39, 0.29) is 41.5 Å². The summed E-state index contributed by atoms with van der Waals surface area (Å²) in [6.45, 7) is 7.60. The average molecular weight is 407 g/mol. The van der Waals surface area contributed by atoms with E-state index in [0.717, 1.165) is 17.0 Å². The highest BCUT2D eigenvalue weighted by molar-refractivity contribution is 7.91. The number of aryl methyl sites for hydroxylation is 1. The molecule has 2 aliphatic heterocycles. The number of nitrogens with one attached hydrogen (secondary N) is 2. The molecule has 0 bridgehead atoms. The Bertz CT molecular complexity index is 1120. The number of carbonyl (C=O) groups excluding carboxylic acids is 1. The molecule has 0 aliphatic carbocycles. The first-order valence-corrected chi connectivity index (χ1v) is 11.3. The molecular weight excluding hydrogens is 382 g/mol. The van der Waals surface area contributed by atoms with Crippen molar-refractivity contribution in [1.82, 2.24) is 19.6 Å². The van der Waals surface area contributed by atoms with Crippen LogP contribution in [-0.2, 0) is 14.6 Å². The molecule has 2 aromatic heterocycles. The van der Waals surface area contributed by atoms with Crippen LogP contribution in [0.15, 0.2) is 4.79 Å². The zero-order chi connectivity index (χ0) is 20.4. The van der Waals surface area contributed by atoms with Crippen LogP contribution in [0, 0.1) is 13.8 Å². The molecule has 9 nitrogen and oxygen atoms in total. The van der Waals surface area contributed by atoms with Crippen molar-refractivity contribution in [2.75, 3.05) is 16.8 Å². The number of carbonyl (C=O) groups is 1. The van der Waals surface area contributed by atoms with E-state index in [2.05, 4.69) is 15.5 Å². The zero-order valence-electron chi connectivity index (χ0n) is 16.4. The smallest absolute Gasteiger partial charge is 0.270 e. The Balaban J connectivity index is 1.83. The molecule has 4 heterocycles. The van der Waals surface area contributed by atoms with Crippen LogP contribution in [0.1, 0.15) is 67.2 Å². The molecule has 2 atom stereocenters. The number of hydrogen-bond acceptors (Lipinski definition) is 5. The highest BCUT2D eigenvalue weighted by Crippen LogP contribution is 2.39. The second-order valence-electron chi connectivity index (χ2n) is 8.06. The van der Waals surface area contributed by atoms with Crippen molar-refractivity contribution >= 4 is 21.6 Å². The zero-order valence-corrected chi connectivity index (χ0v) is 17.3. The fourth-order valence-electron chi connectivity index (χ4n) is 4.52. The lowest BCUT2D eigenvalue weighted by Gasteiger charge is -2.24. The van der Waals surface area contributed by atoms with Crippen molar-refractivity contribution in [2.24, 2.45) is 0 Å². The van der Waals surface area contributed by atoms with Gasteiger partial charge in [0, 0.05) is 29.6 Å². The number of nitrogens with zero attached hydrogens (tertiary/aromatic N) is 3. The first-order chi connectivity index (χ1) is 13.1. The molecule has 0 saturated carbocycles. The van der Waals surface area contributed by atoms with Crippen LogP contribution in [0.2, 0.25) is 0 Å². The molecule has 0 aromatic carbocycles. The highest BCUT2D eigenvalue weighted by atomic mass is 32.2. The summed E-state index contributed by atoms with van der Waals surface area (Å²) >= 11 is 0. The van der Waals surface area contributed by atoms with E-state index < -0.39 is 15.8 Å². The van der Waals surface area contributed by atoms with Crippen LogP contribution < -0.4 is 10.9 Å². The third-order valence-corrected chi connectivity index (χ3v) is 7.51. The van der Waals surface area contributed by atoms with Gasteiger partial charge in [0.15, 0.2) is 9.84 Å². The van der Waals surface area contributed by atoms with Gasteiger partial charge in [-0.2, -0.15) is 5.10 Å². The van der Waals surface area contributed by atoms with E-state index in [0.29, 0.717) is 17.8 Å². The topological polar surface area (TPSA) is 119 Å². The van der Waals surface area contributed by atoms with Gasteiger partial charge in [-0.05, 0) is 34.1 Å². The fourth-order valence-corrected chi connectivity index (χ4v) is 6.21. The van der Waals surface area contributed by atoms with E-state index in [1.807, 2.05) is 27.7 Å². The number of sulfone groups is 1.